The van der Waals surface area contributed by atoms with Crippen LogP contribution in [0.3, 0.4) is 0 Å². The number of nitrogens with zero attached hydrogens (tertiary/aromatic N) is 1. The summed E-state index contributed by atoms with van der Waals surface area (Å²) in [6, 6.07) is 13.4. The van der Waals surface area contributed by atoms with Gasteiger partial charge in [-0.05, 0) is 24.6 Å². The molecule has 0 amide bonds. The van der Waals surface area contributed by atoms with Gasteiger partial charge in [-0.25, -0.2) is 4.98 Å². The Bertz CT molecular complexity index is 798. The molecule has 3 aromatic rings. The van der Waals surface area contributed by atoms with Crippen LogP contribution in [0.5, 0.6) is 5.75 Å². The maximum Gasteiger partial charge on any atom is 0.166 e. The minimum Gasteiger partial charge on any atom is -0.504 e. The molecule has 3 rings (SSSR count). The Morgan fingerprint density at radius 2 is 1.80 bits per heavy atom. The number of rotatable bonds is 1. The number of aryl methyl sites for hydroxylation is 1. The zero-order valence-electron chi connectivity index (χ0n) is 10.9. The maximum absolute atomic E-state index is 9.69. The fourth-order valence-corrected chi connectivity index (χ4v) is 2.49. The van der Waals surface area contributed by atoms with Crippen molar-refractivity contribution in [3.8, 4) is 16.9 Å². The Kier molecular flexibility index (Phi) is 2.99. The third kappa shape index (κ3) is 2.06. The van der Waals surface area contributed by atoms with Crippen LogP contribution in [0, 0.1) is 6.92 Å². The van der Waals surface area contributed by atoms with Crippen molar-refractivity contribution < 1.29 is 5.11 Å². The first-order chi connectivity index (χ1) is 9.56. The van der Waals surface area contributed by atoms with Gasteiger partial charge in [-0.15, -0.1) is 0 Å². The van der Waals surface area contributed by atoms with Gasteiger partial charge in [0, 0.05) is 10.9 Å². The highest BCUT2D eigenvalue weighted by molar-refractivity contribution is 6.38. The van der Waals surface area contributed by atoms with E-state index in [2.05, 4.69) is 4.98 Å². The molecule has 3 nitrogen and oxygen atoms in total. The molecule has 0 atom stereocenters. The first kappa shape index (κ1) is 12.8. The van der Waals surface area contributed by atoms with Crippen LogP contribution in [-0.2, 0) is 0 Å². The maximum atomic E-state index is 9.69. The SMILES string of the molecule is Cc1ccc(-c2ccc3nc(N)c(O)cc3c2Cl)cc1. The third-order valence-corrected chi connectivity index (χ3v) is 3.71. The number of benzene rings is 2. The topological polar surface area (TPSA) is 59.1 Å². The molecule has 0 bridgehead atoms. The molecule has 1 heterocycles. The summed E-state index contributed by atoms with van der Waals surface area (Å²) >= 11 is 6.45. The van der Waals surface area contributed by atoms with Crippen molar-refractivity contribution in [2.45, 2.75) is 6.92 Å². The molecule has 0 spiro atoms. The van der Waals surface area contributed by atoms with Crippen LogP contribution in [-0.4, -0.2) is 10.1 Å². The van der Waals surface area contributed by atoms with Crippen molar-refractivity contribution in [2.24, 2.45) is 0 Å². The predicted molar refractivity (Wildman–Crippen MR) is 83.0 cm³/mol. The summed E-state index contributed by atoms with van der Waals surface area (Å²) in [6.45, 7) is 2.04. The van der Waals surface area contributed by atoms with Gasteiger partial charge in [-0.1, -0.05) is 47.5 Å². The van der Waals surface area contributed by atoms with Gasteiger partial charge in [0.1, 0.15) is 0 Å². The largest absolute Gasteiger partial charge is 0.504 e. The molecular formula is C16H13ClN2O. The fourth-order valence-electron chi connectivity index (χ4n) is 2.17. The third-order valence-electron chi connectivity index (χ3n) is 3.30. The monoisotopic (exact) mass is 284 g/mol. The second-order valence-electron chi connectivity index (χ2n) is 4.75. The Hall–Kier alpha value is -2.26. The van der Waals surface area contributed by atoms with E-state index in [0.717, 1.165) is 11.1 Å². The molecule has 1 aromatic heterocycles. The molecule has 20 heavy (non-hydrogen) atoms. The van der Waals surface area contributed by atoms with E-state index >= 15 is 0 Å². The zero-order valence-corrected chi connectivity index (χ0v) is 11.6. The lowest BCUT2D eigenvalue weighted by Crippen LogP contribution is -1.92. The normalized spacial score (nSPS) is 10.9. The summed E-state index contributed by atoms with van der Waals surface area (Å²) in [5, 5.41) is 10.9. The summed E-state index contributed by atoms with van der Waals surface area (Å²) in [7, 11) is 0. The van der Waals surface area contributed by atoms with Crippen LogP contribution in [0.4, 0.5) is 5.82 Å². The van der Waals surface area contributed by atoms with Gasteiger partial charge >= 0.3 is 0 Å². The highest BCUT2D eigenvalue weighted by Gasteiger charge is 2.11. The second-order valence-corrected chi connectivity index (χ2v) is 5.13. The lowest BCUT2D eigenvalue weighted by molar-refractivity contribution is 0.477. The number of pyridine rings is 1. The summed E-state index contributed by atoms with van der Waals surface area (Å²) in [5.74, 6) is 0.0529. The quantitative estimate of drug-likeness (QED) is 0.706. The Morgan fingerprint density at radius 3 is 2.50 bits per heavy atom. The number of aromatic nitrogens is 1. The van der Waals surface area contributed by atoms with E-state index in [0.29, 0.717) is 15.9 Å². The molecule has 3 N–H and O–H groups in total. The van der Waals surface area contributed by atoms with Crippen molar-refractivity contribution in [1.29, 1.82) is 0 Å². The van der Waals surface area contributed by atoms with E-state index in [9.17, 15) is 5.11 Å². The molecule has 4 heteroatoms. The first-order valence-corrected chi connectivity index (χ1v) is 6.59. The summed E-state index contributed by atoms with van der Waals surface area (Å²) in [6.07, 6.45) is 0. The molecule has 0 aliphatic carbocycles. The molecule has 100 valence electrons. The van der Waals surface area contributed by atoms with Gasteiger partial charge in [0.15, 0.2) is 11.6 Å². The molecule has 0 radical (unpaired) electrons. The molecule has 0 saturated heterocycles. The highest BCUT2D eigenvalue weighted by atomic mass is 35.5. The van der Waals surface area contributed by atoms with E-state index in [4.69, 9.17) is 17.3 Å². The lowest BCUT2D eigenvalue weighted by atomic mass is 10.0. The Balaban J connectivity index is 2.25. The minimum atomic E-state index is -0.0551. The highest BCUT2D eigenvalue weighted by Crippen LogP contribution is 2.36. The second kappa shape index (κ2) is 4.69. The number of aromatic hydroxyl groups is 1. The summed E-state index contributed by atoms with van der Waals surface area (Å²) in [5.41, 5.74) is 9.39. The number of hydrogen-bond donors (Lipinski definition) is 2. The van der Waals surface area contributed by atoms with Crippen LogP contribution in [0.1, 0.15) is 5.56 Å². The number of fused-ring (bicyclic) bond motifs is 1. The lowest BCUT2D eigenvalue weighted by Gasteiger charge is -2.09. The van der Waals surface area contributed by atoms with E-state index in [1.54, 1.807) is 6.07 Å². The average molecular weight is 285 g/mol. The van der Waals surface area contributed by atoms with Crippen molar-refractivity contribution in [1.82, 2.24) is 4.98 Å². The van der Waals surface area contributed by atoms with Gasteiger partial charge in [0.2, 0.25) is 0 Å². The summed E-state index contributed by atoms with van der Waals surface area (Å²) in [4.78, 5) is 4.13. The Labute approximate surface area is 121 Å². The number of anilines is 1. The van der Waals surface area contributed by atoms with Gasteiger partial charge < -0.3 is 10.8 Å². The molecular weight excluding hydrogens is 272 g/mol. The number of halogens is 1. The van der Waals surface area contributed by atoms with Crippen molar-refractivity contribution >= 4 is 28.3 Å². The van der Waals surface area contributed by atoms with Crippen LogP contribution in [0.2, 0.25) is 5.02 Å². The molecule has 0 fully saturated rings. The average Bonchev–Trinajstić information content (AvgIpc) is 2.43. The Morgan fingerprint density at radius 1 is 1.10 bits per heavy atom. The smallest absolute Gasteiger partial charge is 0.166 e. The van der Waals surface area contributed by atoms with Crippen LogP contribution >= 0.6 is 11.6 Å². The van der Waals surface area contributed by atoms with Gasteiger partial charge in [-0.2, -0.15) is 0 Å². The van der Waals surface area contributed by atoms with Crippen LogP contribution in [0.15, 0.2) is 42.5 Å². The summed E-state index contributed by atoms with van der Waals surface area (Å²) < 4.78 is 0. The zero-order chi connectivity index (χ0) is 14.3. The van der Waals surface area contributed by atoms with Crippen molar-refractivity contribution in [3.05, 3.63) is 53.1 Å². The van der Waals surface area contributed by atoms with E-state index in [-0.39, 0.29) is 11.6 Å². The molecule has 0 aliphatic rings. The molecule has 2 aromatic carbocycles. The van der Waals surface area contributed by atoms with Gasteiger partial charge in [0.05, 0.1) is 10.5 Å². The minimum absolute atomic E-state index is 0.0551. The first-order valence-electron chi connectivity index (χ1n) is 6.21. The number of nitrogen functional groups attached to an aromatic ring is 1. The van der Waals surface area contributed by atoms with Gasteiger partial charge in [-0.3, -0.25) is 0 Å². The van der Waals surface area contributed by atoms with E-state index < -0.39 is 0 Å². The van der Waals surface area contributed by atoms with Crippen LogP contribution < -0.4 is 5.73 Å². The fraction of sp³-hybridized carbons (Fsp3) is 0.0625. The molecule has 0 saturated carbocycles. The molecule has 0 aliphatic heterocycles. The van der Waals surface area contributed by atoms with Crippen LogP contribution in [0.25, 0.3) is 22.0 Å². The van der Waals surface area contributed by atoms with Gasteiger partial charge in [0.25, 0.3) is 0 Å². The van der Waals surface area contributed by atoms with E-state index in [1.165, 1.54) is 5.56 Å². The molecule has 0 unspecified atom stereocenters. The predicted octanol–water partition coefficient (Wildman–Crippen LogP) is 4.15. The van der Waals surface area contributed by atoms with Crippen molar-refractivity contribution in [2.75, 3.05) is 5.73 Å². The number of hydrogen-bond acceptors (Lipinski definition) is 3. The van der Waals surface area contributed by atoms with E-state index in [1.807, 2.05) is 43.3 Å². The standard InChI is InChI=1S/C16H13ClN2O/c1-9-2-4-10(5-3-9)11-6-7-13-12(15(11)17)8-14(20)16(18)19-13/h2-8,20H,1H3,(H2,18,19). The number of nitrogens with two attached hydrogens (primary N) is 1. The van der Waals surface area contributed by atoms with Crippen molar-refractivity contribution in [3.63, 3.8) is 0 Å².